The van der Waals surface area contributed by atoms with Crippen molar-refractivity contribution in [2.45, 2.75) is 19.9 Å². The maximum Gasteiger partial charge on any atom is 0.329 e. The van der Waals surface area contributed by atoms with Gasteiger partial charge in [0.1, 0.15) is 12.3 Å². The molecule has 0 saturated heterocycles. The van der Waals surface area contributed by atoms with Crippen molar-refractivity contribution < 1.29 is 19.4 Å². The molecule has 1 aromatic heterocycles. The molecule has 1 heterocycles. The highest BCUT2D eigenvalue weighted by molar-refractivity contribution is 5.92. The zero-order valence-electron chi connectivity index (χ0n) is 10.5. The zero-order valence-corrected chi connectivity index (χ0v) is 10.5. The molecule has 0 saturated carbocycles. The van der Waals surface area contributed by atoms with Gasteiger partial charge in [0.15, 0.2) is 0 Å². The predicted octanol–water partition coefficient (Wildman–Crippen LogP) is 0.900. The molecule has 0 unspecified atom stereocenters. The van der Waals surface area contributed by atoms with Crippen molar-refractivity contribution in [2.24, 2.45) is 0 Å². The second-order valence-electron chi connectivity index (χ2n) is 4.10. The molecule has 0 aliphatic rings. The van der Waals surface area contributed by atoms with E-state index in [1.54, 1.807) is 6.07 Å². The van der Waals surface area contributed by atoms with Crippen molar-refractivity contribution in [3.8, 4) is 0 Å². The van der Waals surface area contributed by atoms with Gasteiger partial charge in [-0.1, -0.05) is 0 Å². The molecule has 6 heteroatoms. The lowest BCUT2D eigenvalue weighted by molar-refractivity contribution is -0.142. The summed E-state index contributed by atoms with van der Waals surface area (Å²) in [5, 5.41) is 11.0. The third-order valence-corrected chi connectivity index (χ3v) is 2.33. The first-order valence-corrected chi connectivity index (χ1v) is 5.77. The summed E-state index contributed by atoms with van der Waals surface area (Å²) in [5.41, 5.74) is 0.586. The molecule has 1 aromatic rings. The van der Waals surface area contributed by atoms with Crippen LogP contribution in [0, 0.1) is 0 Å². The van der Waals surface area contributed by atoms with E-state index in [0.29, 0.717) is 5.69 Å². The Labute approximate surface area is 106 Å². The van der Waals surface area contributed by atoms with Gasteiger partial charge in [0.05, 0.1) is 6.61 Å². The second kappa shape index (κ2) is 6.80. The van der Waals surface area contributed by atoms with Crippen LogP contribution in [0.5, 0.6) is 0 Å². The molecule has 2 N–H and O–H groups in total. The first-order valence-electron chi connectivity index (χ1n) is 5.77. The smallest absolute Gasteiger partial charge is 0.329 e. The number of aliphatic carboxylic acids is 1. The molecule has 0 radical (unpaired) electrons. The first-order chi connectivity index (χ1) is 8.52. The fourth-order valence-corrected chi connectivity index (χ4v) is 1.52. The van der Waals surface area contributed by atoms with E-state index in [1.165, 1.54) is 0 Å². The van der Waals surface area contributed by atoms with Crippen LogP contribution in [0.25, 0.3) is 0 Å². The first kappa shape index (κ1) is 14.2. The number of aromatic nitrogens is 1. The molecule has 0 aromatic carbocycles. The van der Waals surface area contributed by atoms with Crippen molar-refractivity contribution in [2.75, 3.05) is 19.8 Å². The number of hydrogen-bond acceptors (Lipinski definition) is 3. The average molecular weight is 254 g/mol. The van der Waals surface area contributed by atoms with Gasteiger partial charge in [-0.15, -0.1) is 0 Å². The van der Waals surface area contributed by atoms with Crippen molar-refractivity contribution in [3.05, 3.63) is 24.0 Å². The van der Waals surface area contributed by atoms with Gasteiger partial charge in [-0.3, -0.25) is 4.79 Å². The Morgan fingerprint density at radius 1 is 1.50 bits per heavy atom. The van der Waals surface area contributed by atoms with Crippen LogP contribution in [0.3, 0.4) is 0 Å². The van der Waals surface area contributed by atoms with Crippen LogP contribution in [-0.2, 0) is 9.53 Å². The Morgan fingerprint density at radius 3 is 2.83 bits per heavy atom. The number of carbonyl (C=O) groups is 2. The fourth-order valence-electron chi connectivity index (χ4n) is 1.52. The minimum Gasteiger partial charge on any atom is -0.480 e. The summed E-state index contributed by atoms with van der Waals surface area (Å²) < 4.78 is 6.69. The van der Waals surface area contributed by atoms with E-state index < -0.39 is 5.97 Å². The third kappa shape index (κ3) is 4.21. The van der Waals surface area contributed by atoms with Crippen LogP contribution in [0.2, 0.25) is 0 Å². The molecule has 100 valence electrons. The molecular weight excluding hydrogens is 236 g/mol. The Hall–Kier alpha value is -1.82. The van der Waals surface area contributed by atoms with E-state index in [4.69, 9.17) is 9.84 Å². The fraction of sp³-hybridized carbons (Fsp3) is 0.500. The van der Waals surface area contributed by atoms with E-state index in [9.17, 15) is 9.59 Å². The lowest BCUT2D eigenvalue weighted by Gasteiger charge is -2.12. The summed E-state index contributed by atoms with van der Waals surface area (Å²) in [6, 6.07) is 3.77. The molecule has 0 fully saturated rings. The molecule has 1 rings (SSSR count). The molecule has 6 nitrogen and oxygen atoms in total. The SMILES string of the molecule is CC(C)n1cccc1C(=O)NCCOCC(=O)O. The van der Waals surface area contributed by atoms with E-state index in [2.05, 4.69) is 5.32 Å². The van der Waals surface area contributed by atoms with Gasteiger partial charge < -0.3 is 19.7 Å². The molecule has 18 heavy (non-hydrogen) atoms. The molecule has 1 amide bonds. The van der Waals surface area contributed by atoms with Gasteiger partial charge in [0.25, 0.3) is 5.91 Å². The molecule has 0 atom stereocenters. The predicted molar refractivity (Wildman–Crippen MR) is 65.6 cm³/mol. The summed E-state index contributed by atoms with van der Waals surface area (Å²) in [7, 11) is 0. The Kier molecular flexibility index (Phi) is 5.38. The summed E-state index contributed by atoms with van der Waals surface area (Å²) in [6.07, 6.45) is 1.85. The maximum absolute atomic E-state index is 11.8. The van der Waals surface area contributed by atoms with Crippen LogP contribution in [0.4, 0.5) is 0 Å². The number of carboxylic acids is 1. The number of ether oxygens (including phenoxy) is 1. The van der Waals surface area contributed by atoms with Gasteiger partial charge in [0, 0.05) is 18.8 Å². The molecular formula is C12H18N2O4. The van der Waals surface area contributed by atoms with E-state index >= 15 is 0 Å². The average Bonchev–Trinajstić information content (AvgIpc) is 2.76. The van der Waals surface area contributed by atoms with Crippen LogP contribution >= 0.6 is 0 Å². The highest BCUT2D eigenvalue weighted by Gasteiger charge is 2.11. The number of rotatable bonds is 7. The van der Waals surface area contributed by atoms with Crippen LogP contribution in [-0.4, -0.2) is 41.3 Å². The monoisotopic (exact) mass is 254 g/mol. The number of carbonyl (C=O) groups excluding carboxylic acids is 1. The van der Waals surface area contributed by atoms with Crippen molar-refractivity contribution in [1.29, 1.82) is 0 Å². The van der Waals surface area contributed by atoms with Gasteiger partial charge in [-0.05, 0) is 26.0 Å². The number of hydrogen-bond donors (Lipinski definition) is 2. The van der Waals surface area contributed by atoms with E-state index in [1.807, 2.05) is 30.7 Å². The van der Waals surface area contributed by atoms with Crippen molar-refractivity contribution in [3.63, 3.8) is 0 Å². The summed E-state index contributed by atoms with van der Waals surface area (Å²) in [6.45, 7) is 4.10. The van der Waals surface area contributed by atoms with Crippen LogP contribution < -0.4 is 5.32 Å². The maximum atomic E-state index is 11.8. The number of amides is 1. The lowest BCUT2D eigenvalue weighted by Crippen LogP contribution is -2.29. The minimum absolute atomic E-state index is 0.181. The lowest BCUT2D eigenvalue weighted by atomic mass is 10.3. The van der Waals surface area contributed by atoms with Gasteiger partial charge in [-0.2, -0.15) is 0 Å². The third-order valence-electron chi connectivity index (χ3n) is 2.33. The number of nitrogens with zero attached hydrogens (tertiary/aromatic N) is 1. The van der Waals surface area contributed by atoms with Crippen molar-refractivity contribution >= 4 is 11.9 Å². The molecule has 0 aliphatic heterocycles. The van der Waals surface area contributed by atoms with Gasteiger partial charge >= 0.3 is 5.97 Å². The van der Waals surface area contributed by atoms with Crippen LogP contribution in [0.1, 0.15) is 30.4 Å². The molecule has 0 bridgehead atoms. The zero-order chi connectivity index (χ0) is 13.5. The highest BCUT2D eigenvalue weighted by Crippen LogP contribution is 2.10. The molecule has 0 aliphatic carbocycles. The van der Waals surface area contributed by atoms with Crippen LogP contribution in [0.15, 0.2) is 18.3 Å². The Bertz CT molecular complexity index is 412. The largest absolute Gasteiger partial charge is 0.480 e. The van der Waals surface area contributed by atoms with Gasteiger partial charge in [0.2, 0.25) is 0 Å². The van der Waals surface area contributed by atoms with E-state index in [0.717, 1.165) is 0 Å². The van der Waals surface area contributed by atoms with Gasteiger partial charge in [-0.25, -0.2) is 4.79 Å². The number of carboxylic acid groups (broad SMARTS) is 1. The van der Waals surface area contributed by atoms with Crippen molar-refractivity contribution in [1.82, 2.24) is 9.88 Å². The normalized spacial score (nSPS) is 10.6. The highest BCUT2D eigenvalue weighted by atomic mass is 16.5. The standard InChI is InChI=1S/C12H18N2O4/c1-9(2)14-6-3-4-10(14)12(17)13-5-7-18-8-11(15)16/h3-4,6,9H,5,7-8H2,1-2H3,(H,13,17)(H,15,16). The summed E-state index contributed by atoms with van der Waals surface area (Å²) in [4.78, 5) is 22.0. The topological polar surface area (TPSA) is 80.6 Å². The Morgan fingerprint density at radius 2 is 2.22 bits per heavy atom. The Balaban J connectivity index is 2.36. The van der Waals surface area contributed by atoms with E-state index in [-0.39, 0.29) is 31.7 Å². The summed E-state index contributed by atoms with van der Waals surface area (Å²) in [5.74, 6) is -1.21. The molecule has 0 spiro atoms. The second-order valence-corrected chi connectivity index (χ2v) is 4.10. The summed E-state index contributed by atoms with van der Waals surface area (Å²) >= 11 is 0. The number of nitrogens with one attached hydrogen (secondary N) is 1. The minimum atomic E-state index is -1.02. The quantitative estimate of drug-likeness (QED) is 0.708.